The van der Waals surface area contributed by atoms with Gasteiger partial charge < -0.3 is 24.6 Å². The summed E-state index contributed by atoms with van der Waals surface area (Å²) in [5, 5.41) is 14.2. The number of carbonyl (C=O) groups excluding carboxylic acids is 2. The molecule has 11 nitrogen and oxygen atoms in total. The summed E-state index contributed by atoms with van der Waals surface area (Å²) < 4.78 is 85.5. The van der Waals surface area contributed by atoms with Crippen molar-refractivity contribution in [1.29, 1.82) is 0 Å². The number of nitrogens with zero attached hydrogens (tertiary/aromatic N) is 2. The SMILES string of the molecule is CC(C)CN(C[C@@H](O)[C@H](Cc1ccccc1)NC(=O)[C@@H]1CN(c2ccccc2C(F)(F)F)C(=O)O1)S(=O)(=O)c1ccc2c(c1)OCO2. The fourth-order valence-corrected chi connectivity index (χ4v) is 7.01. The fourth-order valence-electron chi connectivity index (χ4n) is 5.37. The van der Waals surface area contributed by atoms with E-state index < -0.39 is 70.8 Å². The van der Waals surface area contributed by atoms with E-state index in [-0.39, 0.29) is 36.3 Å². The van der Waals surface area contributed by atoms with Crippen LogP contribution in [0, 0.1) is 5.92 Å². The molecule has 47 heavy (non-hydrogen) atoms. The number of cyclic esters (lactones) is 1. The highest BCUT2D eigenvalue weighted by Gasteiger charge is 2.43. The third-order valence-electron chi connectivity index (χ3n) is 7.64. The Morgan fingerprint density at radius 3 is 2.40 bits per heavy atom. The molecule has 3 atom stereocenters. The highest BCUT2D eigenvalue weighted by atomic mass is 32.2. The highest BCUT2D eigenvalue weighted by molar-refractivity contribution is 7.89. The fraction of sp³-hybridized carbons (Fsp3) is 0.375. The highest BCUT2D eigenvalue weighted by Crippen LogP contribution is 2.38. The molecule has 2 aliphatic rings. The zero-order chi connectivity index (χ0) is 33.9. The van der Waals surface area contributed by atoms with Gasteiger partial charge in [-0.25, -0.2) is 13.2 Å². The summed E-state index contributed by atoms with van der Waals surface area (Å²) in [4.78, 5) is 26.8. The van der Waals surface area contributed by atoms with Crippen molar-refractivity contribution in [1.82, 2.24) is 9.62 Å². The summed E-state index contributed by atoms with van der Waals surface area (Å²) in [6, 6.07) is 16.4. The van der Waals surface area contributed by atoms with Crippen LogP contribution in [0.4, 0.5) is 23.7 Å². The van der Waals surface area contributed by atoms with E-state index in [2.05, 4.69) is 5.32 Å². The topological polar surface area (TPSA) is 135 Å². The van der Waals surface area contributed by atoms with Crippen molar-refractivity contribution in [3.05, 3.63) is 83.9 Å². The number of hydrogen-bond donors (Lipinski definition) is 2. The maximum atomic E-state index is 13.8. The van der Waals surface area contributed by atoms with E-state index in [1.165, 1.54) is 30.3 Å². The Bertz CT molecular complexity index is 1710. The second-order valence-electron chi connectivity index (χ2n) is 11.6. The number of amides is 2. The monoisotopic (exact) mass is 677 g/mol. The number of anilines is 1. The van der Waals surface area contributed by atoms with Gasteiger partial charge in [0.2, 0.25) is 16.8 Å². The number of para-hydroxylation sites is 1. The van der Waals surface area contributed by atoms with E-state index in [1.54, 1.807) is 30.3 Å². The molecule has 252 valence electrons. The first-order valence-corrected chi connectivity index (χ1v) is 16.2. The lowest BCUT2D eigenvalue weighted by Gasteiger charge is -2.31. The van der Waals surface area contributed by atoms with Crippen molar-refractivity contribution < 1.29 is 50.5 Å². The first-order valence-electron chi connectivity index (χ1n) is 14.8. The number of aliphatic hydroxyl groups excluding tert-OH is 1. The van der Waals surface area contributed by atoms with Crippen LogP contribution in [-0.2, 0) is 32.2 Å². The largest absolute Gasteiger partial charge is 0.454 e. The Kier molecular flexibility index (Phi) is 9.98. The number of halogens is 3. The quantitative estimate of drug-likeness (QED) is 0.292. The molecule has 0 spiro atoms. The van der Waals surface area contributed by atoms with E-state index in [9.17, 15) is 36.3 Å². The van der Waals surface area contributed by atoms with Crippen molar-refractivity contribution >= 4 is 27.7 Å². The normalized spacial score (nSPS) is 17.6. The van der Waals surface area contributed by atoms with Crippen molar-refractivity contribution in [2.45, 2.75) is 49.6 Å². The summed E-state index contributed by atoms with van der Waals surface area (Å²) in [6.45, 7) is 2.70. The van der Waals surface area contributed by atoms with Crippen molar-refractivity contribution in [3.8, 4) is 11.5 Å². The number of aliphatic hydroxyl groups is 1. The number of benzene rings is 3. The molecular formula is C32H34F3N3O8S. The second kappa shape index (κ2) is 13.8. The molecule has 0 bridgehead atoms. The van der Waals surface area contributed by atoms with Gasteiger partial charge in [-0.2, -0.15) is 17.5 Å². The lowest BCUT2D eigenvalue weighted by Crippen LogP contribution is -2.53. The van der Waals surface area contributed by atoms with Gasteiger partial charge >= 0.3 is 12.3 Å². The predicted octanol–water partition coefficient (Wildman–Crippen LogP) is 4.19. The molecule has 2 heterocycles. The van der Waals surface area contributed by atoms with Gasteiger partial charge in [-0.1, -0.05) is 56.3 Å². The van der Waals surface area contributed by atoms with Crippen LogP contribution in [0.25, 0.3) is 0 Å². The Labute approximate surface area is 269 Å². The maximum Gasteiger partial charge on any atom is 0.418 e. The molecule has 0 aliphatic carbocycles. The van der Waals surface area contributed by atoms with Crippen molar-refractivity contribution in [2.75, 3.05) is 31.3 Å². The average Bonchev–Trinajstić information content (AvgIpc) is 3.66. The average molecular weight is 678 g/mol. The van der Waals surface area contributed by atoms with Crippen molar-refractivity contribution in [2.24, 2.45) is 5.92 Å². The Hall–Kier alpha value is -4.34. The number of rotatable bonds is 12. The minimum absolute atomic E-state index is 0.0354. The lowest BCUT2D eigenvalue weighted by molar-refractivity contribution is -0.137. The van der Waals surface area contributed by atoms with E-state index in [0.29, 0.717) is 11.3 Å². The summed E-state index contributed by atoms with van der Waals surface area (Å²) in [5.41, 5.74) is -0.821. The van der Waals surface area contributed by atoms with Gasteiger partial charge in [0.05, 0.1) is 34.8 Å². The van der Waals surface area contributed by atoms with Gasteiger partial charge in [-0.05, 0) is 42.2 Å². The smallest absolute Gasteiger partial charge is 0.418 e. The van der Waals surface area contributed by atoms with E-state index >= 15 is 0 Å². The van der Waals surface area contributed by atoms with Gasteiger partial charge in [-0.15, -0.1) is 0 Å². The minimum atomic E-state index is -4.76. The lowest BCUT2D eigenvalue weighted by atomic mass is 10.0. The number of sulfonamides is 1. The number of carbonyl (C=O) groups is 2. The molecule has 2 aliphatic heterocycles. The number of fused-ring (bicyclic) bond motifs is 1. The van der Waals surface area contributed by atoms with Crippen LogP contribution in [0.5, 0.6) is 11.5 Å². The molecule has 1 fully saturated rings. The molecule has 3 aromatic rings. The third-order valence-corrected chi connectivity index (χ3v) is 9.46. The zero-order valence-corrected chi connectivity index (χ0v) is 26.3. The molecule has 2 N–H and O–H groups in total. The molecule has 0 saturated carbocycles. The molecule has 0 aromatic heterocycles. The summed E-state index contributed by atoms with van der Waals surface area (Å²) in [6.07, 6.45) is -8.79. The van der Waals surface area contributed by atoms with E-state index in [4.69, 9.17) is 14.2 Å². The first kappa shape index (κ1) is 34.0. The van der Waals surface area contributed by atoms with E-state index in [1.807, 2.05) is 13.8 Å². The maximum absolute atomic E-state index is 13.8. The molecule has 0 unspecified atom stereocenters. The van der Waals surface area contributed by atoms with Crippen LogP contribution in [-0.4, -0.2) is 74.5 Å². The van der Waals surface area contributed by atoms with Crippen LogP contribution in [0.2, 0.25) is 0 Å². The Morgan fingerprint density at radius 1 is 1.02 bits per heavy atom. The Morgan fingerprint density at radius 2 is 1.70 bits per heavy atom. The summed E-state index contributed by atoms with van der Waals surface area (Å²) in [7, 11) is -4.17. The molecule has 15 heteroatoms. The van der Waals surface area contributed by atoms with Crippen LogP contribution < -0.4 is 19.7 Å². The van der Waals surface area contributed by atoms with E-state index in [0.717, 1.165) is 21.3 Å². The standard InChI is InChI=1S/C32H34F3N3O8S/c1-20(2)16-37(47(42,43)22-12-13-27-28(15-22)45-19-44-27)17-26(39)24(14-21-8-4-3-5-9-21)36-30(40)29-18-38(31(41)46-29)25-11-7-6-10-23(25)32(33,34)35/h3-13,15,20,24,26,29,39H,14,16-19H2,1-2H3,(H,36,40)/t24-,26+,29-/m0/s1. The van der Waals surface area contributed by atoms with Gasteiger partial charge in [0.1, 0.15) is 0 Å². The van der Waals surface area contributed by atoms with Gasteiger partial charge in [0.25, 0.3) is 5.91 Å². The van der Waals surface area contributed by atoms with Crippen LogP contribution >= 0.6 is 0 Å². The van der Waals surface area contributed by atoms with Crippen LogP contribution in [0.15, 0.2) is 77.7 Å². The van der Waals surface area contributed by atoms with Crippen LogP contribution in [0.1, 0.15) is 25.0 Å². The summed E-state index contributed by atoms with van der Waals surface area (Å²) >= 11 is 0. The van der Waals surface area contributed by atoms with Crippen molar-refractivity contribution in [3.63, 3.8) is 0 Å². The molecule has 2 amide bonds. The molecule has 3 aromatic carbocycles. The predicted molar refractivity (Wildman–Crippen MR) is 163 cm³/mol. The third kappa shape index (κ3) is 7.80. The molecule has 1 saturated heterocycles. The Balaban J connectivity index is 1.37. The van der Waals surface area contributed by atoms with Gasteiger partial charge in [0, 0.05) is 19.2 Å². The number of ether oxygens (including phenoxy) is 3. The molecule has 5 rings (SSSR count). The molecule has 0 radical (unpaired) electrons. The number of nitrogens with one attached hydrogen (secondary N) is 1. The van der Waals surface area contributed by atoms with Gasteiger partial charge in [-0.3, -0.25) is 9.69 Å². The van der Waals surface area contributed by atoms with Crippen LogP contribution in [0.3, 0.4) is 0 Å². The summed E-state index contributed by atoms with van der Waals surface area (Å²) in [5.74, 6) is -0.336. The second-order valence-corrected chi connectivity index (χ2v) is 13.5. The first-order chi connectivity index (χ1) is 22.2. The number of alkyl halides is 3. The molecular weight excluding hydrogens is 643 g/mol. The zero-order valence-electron chi connectivity index (χ0n) is 25.5. The number of hydrogen-bond acceptors (Lipinski definition) is 8. The van der Waals surface area contributed by atoms with Gasteiger partial charge in [0.15, 0.2) is 17.6 Å². The minimum Gasteiger partial charge on any atom is -0.454 e.